The number of likely N-dealkylation sites (tertiary alicyclic amines) is 1. The zero-order valence-corrected chi connectivity index (χ0v) is 32.0. The Hall–Kier alpha value is -4.06. The highest BCUT2D eigenvalue weighted by molar-refractivity contribution is 7.91. The maximum absolute atomic E-state index is 14.5. The van der Waals surface area contributed by atoms with Crippen molar-refractivity contribution in [3.05, 3.63) is 30.3 Å². The molecule has 1 aromatic rings. The summed E-state index contributed by atoms with van der Waals surface area (Å²) >= 11 is 0. The number of ketones is 1. The van der Waals surface area contributed by atoms with Gasteiger partial charge in [0.05, 0.1) is 22.2 Å². The van der Waals surface area contributed by atoms with Gasteiger partial charge in [-0.3, -0.25) is 19.2 Å². The number of carbonyl (C=O) groups excluding carboxylic acids is 5. The molecule has 0 radical (unpaired) electrons. The molecule has 2 unspecified atom stereocenters. The number of alkyl halides is 2. The lowest BCUT2D eigenvalue weighted by atomic mass is 9.83. The van der Waals surface area contributed by atoms with Crippen LogP contribution in [0.3, 0.4) is 0 Å². The lowest BCUT2D eigenvalue weighted by molar-refractivity contribution is -0.145. The molecule has 12 nitrogen and oxygen atoms in total. The largest absolute Gasteiger partial charge is 0.348 e. The Morgan fingerprint density at radius 3 is 2.23 bits per heavy atom. The summed E-state index contributed by atoms with van der Waals surface area (Å²) in [6.07, 6.45) is 4.47. The number of urea groups is 1. The van der Waals surface area contributed by atoms with Crippen LogP contribution < -0.4 is 21.3 Å². The minimum atomic E-state index is -3.78. The van der Waals surface area contributed by atoms with E-state index in [4.69, 9.17) is 6.42 Å². The summed E-state index contributed by atoms with van der Waals surface area (Å²) in [6, 6.07) is 3.47. The second-order valence-electron chi connectivity index (χ2n) is 16.3. The number of sulfone groups is 1. The van der Waals surface area contributed by atoms with E-state index in [1.54, 1.807) is 39.0 Å². The molecule has 1 aromatic carbocycles. The van der Waals surface area contributed by atoms with Crippen LogP contribution in [0.15, 0.2) is 35.2 Å². The summed E-state index contributed by atoms with van der Waals surface area (Å²) in [4.78, 5) is 69.4. The number of amides is 5. The summed E-state index contributed by atoms with van der Waals surface area (Å²) in [5.74, 6) is -1.91. The van der Waals surface area contributed by atoms with E-state index in [1.807, 2.05) is 13.8 Å². The van der Waals surface area contributed by atoms with Crippen molar-refractivity contribution in [2.24, 2.45) is 22.7 Å². The van der Waals surface area contributed by atoms with E-state index in [0.29, 0.717) is 25.7 Å². The molecule has 5 atom stereocenters. The highest BCUT2D eigenvalue weighted by Gasteiger charge is 2.70. The fraction of sp³-hybridized carbons (Fsp3) is 0.658. The van der Waals surface area contributed by atoms with Crippen molar-refractivity contribution < 1.29 is 41.2 Å². The number of hydrogen-bond donors (Lipinski definition) is 4. The van der Waals surface area contributed by atoms with Crippen LogP contribution in [0, 0.1) is 35.0 Å². The molecular formula is C38H53F2N5O7S. The monoisotopic (exact) mass is 761 g/mol. The van der Waals surface area contributed by atoms with Gasteiger partial charge < -0.3 is 26.2 Å². The molecule has 1 aliphatic heterocycles. The van der Waals surface area contributed by atoms with Crippen LogP contribution >= 0.6 is 0 Å². The summed E-state index contributed by atoms with van der Waals surface area (Å²) in [7, 11) is -3.78. The number of Topliss-reactive ketones (excluding diaryl/α,β-unsaturated/α-hetero) is 1. The summed E-state index contributed by atoms with van der Waals surface area (Å²) in [6.45, 7) is 9.30. The van der Waals surface area contributed by atoms with E-state index >= 15 is 0 Å². The lowest BCUT2D eigenvalue weighted by Gasteiger charge is -2.40. The molecule has 2 saturated carbocycles. The average Bonchev–Trinajstić information content (AvgIpc) is 3.38. The number of piperidine rings is 1. The molecule has 3 aliphatic rings. The maximum atomic E-state index is 14.5. The quantitative estimate of drug-likeness (QED) is 0.120. The van der Waals surface area contributed by atoms with Gasteiger partial charge in [-0.25, -0.2) is 22.0 Å². The molecule has 53 heavy (non-hydrogen) atoms. The molecule has 1 heterocycles. The number of terminal acetylenes is 1. The Bertz CT molecular complexity index is 1680. The van der Waals surface area contributed by atoms with Gasteiger partial charge >= 0.3 is 6.03 Å². The average molecular weight is 762 g/mol. The Morgan fingerprint density at radius 2 is 1.64 bits per heavy atom. The highest BCUT2D eigenvalue weighted by atomic mass is 32.2. The van der Waals surface area contributed by atoms with Crippen LogP contribution in [0.25, 0.3) is 0 Å². The fourth-order valence-electron chi connectivity index (χ4n) is 7.96. The first-order valence-electron chi connectivity index (χ1n) is 18.2. The van der Waals surface area contributed by atoms with Crippen molar-refractivity contribution in [1.29, 1.82) is 0 Å². The first-order valence-corrected chi connectivity index (χ1v) is 19.9. The topological polar surface area (TPSA) is 171 Å². The number of nitrogens with zero attached hydrogens (tertiary/aromatic N) is 1. The Morgan fingerprint density at radius 1 is 1.00 bits per heavy atom. The Labute approximate surface area is 311 Å². The van der Waals surface area contributed by atoms with E-state index in [9.17, 15) is 41.2 Å². The molecule has 0 spiro atoms. The van der Waals surface area contributed by atoms with Gasteiger partial charge in [0.2, 0.25) is 24.0 Å². The van der Waals surface area contributed by atoms with Crippen LogP contribution in [-0.2, 0) is 29.0 Å². The van der Waals surface area contributed by atoms with Gasteiger partial charge in [0, 0.05) is 25.9 Å². The smallest absolute Gasteiger partial charge is 0.315 e. The number of benzene rings is 1. The van der Waals surface area contributed by atoms with E-state index in [-0.39, 0.29) is 47.4 Å². The molecule has 0 bridgehead atoms. The van der Waals surface area contributed by atoms with Crippen LogP contribution in [0.2, 0.25) is 0 Å². The summed E-state index contributed by atoms with van der Waals surface area (Å²) in [5.41, 5.74) is -2.30. The second kappa shape index (κ2) is 16.5. The van der Waals surface area contributed by atoms with Gasteiger partial charge in [0.1, 0.15) is 12.1 Å². The molecule has 1 saturated heterocycles. The number of carbonyl (C=O) groups is 5. The SMILES string of the molecule is C#CCCNC(=O)C(=O)C(CCC(F)F)NC(=O)[C@@H]1[C@@H]2C(CN1C(=O)[C@@H](NC(=O)NC1(CS(=O)(=O)c3ccccc3)CCCCC1)C(C)(C)C)C2(C)C. The second-order valence-corrected chi connectivity index (χ2v) is 18.3. The van der Waals surface area contributed by atoms with E-state index < -0.39 is 87.7 Å². The van der Waals surface area contributed by atoms with Crippen molar-refractivity contribution in [3.8, 4) is 12.3 Å². The van der Waals surface area contributed by atoms with Gasteiger partial charge in [-0.1, -0.05) is 72.1 Å². The predicted molar refractivity (Wildman–Crippen MR) is 194 cm³/mol. The van der Waals surface area contributed by atoms with Crippen LogP contribution in [0.5, 0.6) is 0 Å². The Kier molecular flexibility index (Phi) is 13.0. The van der Waals surface area contributed by atoms with Crippen molar-refractivity contribution in [2.45, 2.75) is 121 Å². The molecule has 4 rings (SSSR count). The van der Waals surface area contributed by atoms with Crippen molar-refractivity contribution in [2.75, 3.05) is 18.8 Å². The van der Waals surface area contributed by atoms with Crippen molar-refractivity contribution >= 4 is 39.4 Å². The first kappa shape index (κ1) is 41.7. The first-order chi connectivity index (χ1) is 24.7. The highest BCUT2D eigenvalue weighted by Crippen LogP contribution is 2.65. The van der Waals surface area contributed by atoms with E-state index in [1.165, 1.54) is 17.0 Å². The Balaban J connectivity index is 1.55. The third kappa shape index (κ3) is 9.93. The standard InChI is InChI=1S/C38H53F2N5O7S/c1-7-8-21-41-33(48)30(46)26(17-18-27(39)40)42-32(47)29-28-25(37(28,5)6)22-45(29)34(49)31(36(2,3)4)43-35(50)44-38(19-13-10-14-20-38)23-53(51,52)24-15-11-9-12-16-24/h1,9,11-12,15-16,25-29,31H,8,10,13-14,17-23H2,2-6H3,(H,41,48)(H,42,47)(H2,43,44,50)/t25?,26?,28-,29-,31+/m0/s1. The molecular weight excluding hydrogens is 709 g/mol. The third-order valence-corrected chi connectivity index (χ3v) is 12.9. The van der Waals surface area contributed by atoms with Gasteiger partial charge in [0.15, 0.2) is 9.84 Å². The van der Waals surface area contributed by atoms with Crippen molar-refractivity contribution in [3.63, 3.8) is 0 Å². The third-order valence-electron chi connectivity index (χ3n) is 11.0. The molecule has 292 valence electrons. The van der Waals surface area contributed by atoms with Crippen molar-refractivity contribution in [1.82, 2.24) is 26.2 Å². The van der Waals surface area contributed by atoms with Crippen LogP contribution in [-0.4, -0.2) is 91.8 Å². The molecule has 2 aliphatic carbocycles. The minimum Gasteiger partial charge on any atom is -0.348 e. The molecule has 15 heteroatoms. The predicted octanol–water partition coefficient (Wildman–Crippen LogP) is 3.60. The molecule has 3 fully saturated rings. The number of hydrogen-bond acceptors (Lipinski definition) is 7. The van der Waals surface area contributed by atoms with E-state index in [2.05, 4.69) is 27.2 Å². The van der Waals surface area contributed by atoms with Gasteiger partial charge in [-0.2, -0.15) is 0 Å². The normalized spacial score (nSPS) is 22.8. The number of nitrogens with one attached hydrogen (secondary N) is 4. The lowest BCUT2D eigenvalue weighted by Crippen LogP contribution is -2.63. The number of fused-ring (bicyclic) bond motifs is 1. The molecule has 4 N–H and O–H groups in total. The number of halogens is 2. The maximum Gasteiger partial charge on any atom is 0.315 e. The van der Waals surface area contributed by atoms with Gasteiger partial charge in [-0.05, 0) is 54.1 Å². The van der Waals surface area contributed by atoms with Crippen LogP contribution in [0.1, 0.15) is 86.0 Å². The van der Waals surface area contributed by atoms with Gasteiger partial charge in [-0.15, -0.1) is 12.3 Å². The zero-order chi connectivity index (χ0) is 39.4. The summed E-state index contributed by atoms with van der Waals surface area (Å²) in [5, 5.41) is 10.6. The summed E-state index contributed by atoms with van der Waals surface area (Å²) < 4.78 is 53.4. The minimum absolute atomic E-state index is 0.0157. The molecule has 5 amide bonds. The zero-order valence-electron chi connectivity index (χ0n) is 31.2. The van der Waals surface area contributed by atoms with E-state index in [0.717, 1.165) is 6.42 Å². The number of rotatable bonds is 15. The van der Waals surface area contributed by atoms with Crippen LogP contribution in [0.4, 0.5) is 13.6 Å². The fourth-order valence-corrected chi connectivity index (χ4v) is 9.78. The van der Waals surface area contributed by atoms with Gasteiger partial charge in [0.25, 0.3) is 5.91 Å². The molecule has 0 aromatic heterocycles.